The van der Waals surface area contributed by atoms with Crippen LogP contribution in [0.2, 0.25) is 0 Å². The van der Waals surface area contributed by atoms with E-state index >= 15 is 0 Å². The van der Waals surface area contributed by atoms with E-state index < -0.39 is 97.5 Å². The Hall–Kier alpha value is -4.54. The number of hydrogen-bond donors (Lipinski definition) is 3. The van der Waals surface area contributed by atoms with Crippen LogP contribution in [0.25, 0.3) is 0 Å². The third-order valence-electron chi connectivity index (χ3n) is 16.4. The molecule has 0 aliphatic heterocycles. The lowest BCUT2D eigenvalue weighted by Gasteiger charge is -2.21. The van der Waals surface area contributed by atoms with Crippen molar-refractivity contribution in [1.82, 2.24) is 0 Å². The third kappa shape index (κ3) is 73.8. The number of allylic oxidation sites excluding steroid dienone is 20. The van der Waals surface area contributed by atoms with Gasteiger partial charge in [-0.05, 0) is 161 Å². The molecule has 0 aromatic heterocycles. The van der Waals surface area contributed by atoms with Crippen LogP contribution in [0.3, 0.4) is 0 Å². The van der Waals surface area contributed by atoms with Crippen molar-refractivity contribution in [1.29, 1.82) is 0 Å². The van der Waals surface area contributed by atoms with E-state index in [9.17, 15) is 43.2 Å². The van der Waals surface area contributed by atoms with Gasteiger partial charge in [-0.1, -0.05) is 258 Å². The zero-order chi connectivity index (χ0) is 74.6. The summed E-state index contributed by atoms with van der Waals surface area (Å²) >= 11 is 0. The summed E-state index contributed by atoms with van der Waals surface area (Å²) in [5.41, 5.74) is 0. The molecule has 586 valence electrons. The van der Waals surface area contributed by atoms with E-state index in [1.807, 2.05) is 0 Å². The Balaban J connectivity index is 5.42. The maximum absolute atomic E-state index is 13.1. The Morgan fingerprint density at radius 3 is 0.784 bits per heavy atom. The highest BCUT2D eigenvalue weighted by Gasteiger charge is 2.30. The number of carbonyl (C=O) groups excluding carboxylic acids is 4. The molecule has 3 unspecified atom stereocenters. The molecular formula is C83H142O17P2. The Labute approximate surface area is 619 Å². The Morgan fingerprint density at radius 2 is 0.510 bits per heavy atom. The molecule has 0 aromatic rings. The molecule has 0 amide bonds. The van der Waals surface area contributed by atoms with Gasteiger partial charge in [0.2, 0.25) is 0 Å². The second-order valence-electron chi connectivity index (χ2n) is 26.3. The zero-order valence-corrected chi connectivity index (χ0v) is 65.8. The molecule has 0 rings (SSSR count). The van der Waals surface area contributed by atoms with Gasteiger partial charge < -0.3 is 33.8 Å². The molecule has 0 aromatic carbocycles. The van der Waals surface area contributed by atoms with Crippen LogP contribution >= 0.6 is 15.6 Å². The maximum Gasteiger partial charge on any atom is 0.472 e. The number of esters is 4. The summed E-state index contributed by atoms with van der Waals surface area (Å²) < 4.78 is 68.6. The Kier molecular flexibility index (Phi) is 71.4. The van der Waals surface area contributed by atoms with Gasteiger partial charge >= 0.3 is 39.5 Å². The lowest BCUT2D eigenvalue weighted by Crippen LogP contribution is -2.30. The zero-order valence-electron chi connectivity index (χ0n) is 64.0. The number of unbranched alkanes of at least 4 members (excludes halogenated alkanes) is 28. The van der Waals surface area contributed by atoms with Gasteiger partial charge in [-0.25, -0.2) is 9.13 Å². The van der Waals surface area contributed by atoms with Crippen LogP contribution in [-0.2, 0) is 65.4 Å². The topological polar surface area (TPSA) is 237 Å². The van der Waals surface area contributed by atoms with Gasteiger partial charge in [0.05, 0.1) is 26.4 Å². The second-order valence-corrected chi connectivity index (χ2v) is 29.2. The van der Waals surface area contributed by atoms with Gasteiger partial charge in [0.15, 0.2) is 12.2 Å². The van der Waals surface area contributed by atoms with E-state index in [2.05, 4.69) is 149 Å². The molecule has 0 saturated heterocycles. The van der Waals surface area contributed by atoms with E-state index in [0.29, 0.717) is 25.7 Å². The van der Waals surface area contributed by atoms with Crippen molar-refractivity contribution in [2.24, 2.45) is 0 Å². The molecule has 0 bridgehead atoms. The lowest BCUT2D eigenvalue weighted by molar-refractivity contribution is -0.161. The highest BCUT2D eigenvalue weighted by molar-refractivity contribution is 7.47. The van der Waals surface area contributed by atoms with Gasteiger partial charge in [-0.3, -0.25) is 37.3 Å². The minimum Gasteiger partial charge on any atom is -0.462 e. The summed E-state index contributed by atoms with van der Waals surface area (Å²) in [7, 11) is -9.98. The monoisotopic (exact) mass is 1470 g/mol. The van der Waals surface area contributed by atoms with E-state index in [1.54, 1.807) is 0 Å². The normalized spacial score (nSPS) is 14.5. The van der Waals surface area contributed by atoms with Crippen molar-refractivity contribution >= 4 is 39.5 Å². The fourth-order valence-corrected chi connectivity index (χ4v) is 11.9. The van der Waals surface area contributed by atoms with Gasteiger partial charge in [-0.15, -0.1) is 0 Å². The van der Waals surface area contributed by atoms with E-state index in [0.717, 1.165) is 186 Å². The first-order valence-corrected chi connectivity index (χ1v) is 42.8. The average molecular weight is 1470 g/mol. The van der Waals surface area contributed by atoms with E-state index in [1.165, 1.54) is 57.8 Å². The van der Waals surface area contributed by atoms with Crippen molar-refractivity contribution in [3.8, 4) is 0 Å². The molecule has 0 radical (unpaired) electrons. The molecule has 0 aliphatic rings. The summed E-state index contributed by atoms with van der Waals surface area (Å²) in [6, 6.07) is 0. The molecule has 5 atom stereocenters. The third-order valence-corrected chi connectivity index (χ3v) is 18.3. The number of ether oxygens (including phenoxy) is 4. The minimum atomic E-state index is -4.99. The fourth-order valence-electron chi connectivity index (χ4n) is 10.3. The second kappa shape index (κ2) is 74.7. The van der Waals surface area contributed by atoms with Crippen molar-refractivity contribution in [3.63, 3.8) is 0 Å². The molecular weight excluding hydrogens is 1330 g/mol. The summed E-state index contributed by atoms with van der Waals surface area (Å²) in [5.74, 6) is -2.24. The van der Waals surface area contributed by atoms with Crippen molar-refractivity contribution in [3.05, 3.63) is 122 Å². The van der Waals surface area contributed by atoms with Gasteiger partial charge in [0.1, 0.15) is 19.3 Å². The van der Waals surface area contributed by atoms with Crippen LogP contribution in [0.5, 0.6) is 0 Å². The van der Waals surface area contributed by atoms with E-state index in [-0.39, 0.29) is 25.7 Å². The van der Waals surface area contributed by atoms with Crippen molar-refractivity contribution < 1.29 is 80.2 Å². The van der Waals surface area contributed by atoms with Crippen LogP contribution in [0.1, 0.15) is 323 Å². The van der Waals surface area contributed by atoms with Gasteiger partial charge in [0.25, 0.3) is 0 Å². The van der Waals surface area contributed by atoms with Crippen LogP contribution in [0, 0.1) is 0 Å². The number of phosphoric ester groups is 2. The summed E-state index contributed by atoms with van der Waals surface area (Å²) in [6.07, 6.45) is 81.7. The molecule has 0 saturated carbocycles. The smallest absolute Gasteiger partial charge is 0.462 e. The summed E-state index contributed by atoms with van der Waals surface area (Å²) in [6.45, 7) is 4.62. The first-order chi connectivity index (χ1) is 49.7. The highest BCUT2D eigenvalue weighted by atomic mass is 31.2. The van der Waals surface area contributed by atoms with Crippen molar-refractivity contribution in [2.75, 3.05) is 39.6 Å². The lowest BCUT2D eigenvalue weighted by atomic mass is 10.1. The van der Waals surface area contributed by atoms with Gasteiger partial charge in [-0.2, -0.15) is 0 Å². The summed E-state index contributed by atoms with van der Waals surface area (Å²) in [5, 5.41) is 10.6. The first-order valence-electron chi connectivity index (χ1n) is 39.8. The average Bonchev–Trinajstić information content (AvgIpc) is 0.923. The predicted molar refractivity (Wildman–Crippen MR) is 418 cm³/mol. The number of rotatable bonds is 74. The molecule has 102 heavy (non-hydrogen) atoms. The number of aliphatic hydroxyl groups excluding tert-OH is 1. The Bertz CT molecular complexity index is 2410. The van der Waals surface area contributed by atoms with Gasteiger partial charge in [0, 0.05) is 25.7 Å². The fraction of sp³-hybridized carbons (Fsp3) is 0.711. The molecule has 3 N–H and O–H groups in total. The van der Waals surface area contributed by atoms with Crippen molar-refractivity contribution in [2.45, 2.75) is 341 Å². The molecule has 19 heteroatoms. The minimum absolute atomic E-state index is 0.0706. The van der Waals surface area contributed by atoms with Crippen LogP contribution in [-0.4, -0.2) is 96.7 Å². The molecule has 0 heterocycles. The highest BCUT2D eigenvalue weighted by Crippen LogP contribution is 2.45. The molecule has 17 nitrogen and oxygen atoms in total. The van der Waals surface area contributed by atoms with Crippen LogP contribution < -0.4 is 0 Å². The number of phosphoric acid groups is 2. The van der Waals surface area contributed by atoms with E-state index in [4.69, 9.17) is 37.0 Å². The molecule has 0 aliphatic carbocycles. The van der Waals surface area contributed by atoms with Crippen LogP contribution in [0.4, 0.5) is 0 Å². The maximum atomic E-state index is 13.1. The quantitative estimate of drug-likeness (QED) is 0.0169. The number of carbonyl (C=O) groups is 4. The largest absolute Gasteiger partial charge is 0.472 e. The molecule has 0 fully saturated rings. The molecule has 0 spiro atoms. The number of aliphatic hydroxyl groups is 1. The standard InChI is InChI=1S/C83H142O17P2/c1-5-9-13-17-21-25-29-33-37-38-42-44-48-52-56-60-64-68-81(86)94-74-79(100-83(88)70-66-62-58-54-50-46-41-36-32-28-24-20-16-12-8-4)76-98-102(91,92)96-72-77(84)71-95-101(89,90)97-75-78(99-82(87)69-65-61-57-53-49-45-40-35-31-27-23-19-15-11-7-3)73-93-80(85)67-63-59-55-51-47-43-39-34-30-26-22-18-14-10-6-2/h9,13,21-28,33-37,39-42,44,77-79,84H,5-8,10-12,14-20,29-32,38,43,45-76H2,1-4H3,(H,89,90)(H,91,92)/t77?,78-,79-/m1/s1. The summed E-state index contributed by atoms with van der Waals surface area (Å²) in [4.78, 5) is 73.0. The Morgan fingerprint density at radius 1 is 0.284 bits per heavy atom. The SMILES string of the molecule is CCC=CCC=CCC=CCC=CCCCCCCC(=O)OC[C@H](COP(=O)(O)OCC(O)COP(=O)(O)OC[C@@H](COC(=O)CCCCCCCC=CCC=CCCCCC)OC(=O)CCCCCCCC=CCC=CCCCCC)OC(=O)CCCCCCCC=CCC=CCCCCC. The predicted octanol–water partition coefficient (Wildman–Crippen LogP) is 23.1. The van der Waals surface area contributed by atoms with Crippen LogP contribution in [0.15, 0.2) is 122 Å². The number of hydrogen-bond acceptors (Lipinski definition) is 15. The first kappa shape index (κ1) is 97.5.